The highest BCUT2D eigenvalue weighted by Crippen LogP contribution is 2.42. The molecule has 0 aliphatic heterocycles. The molecule has 1 aliphatic carbocycles. The van der Waals surface area contributed by atoms with Crippen molar-refractivity contribution >= 4 is 17.7 Å². The number of carbonyl (C=O) groups is 1. The van der Waals surface area contributed by atoms with E-state index in [2.05, 4.69) is 30.8 Å². The Morgan fingerprint density at radius 3 is 2.68 bits per heavy atom. The Hall–Kier alpha value is -4.33. The van der Waals surface area contributed by atoms with Crippen LogP contribution < -0.4 is 20.1 Å². The lowest BCUT2D eigenvalue weighted by molar-refractivity contribution is 0.0503. The van der Waals surface area contributed by atoms with E-state index in [1.165, 1.54) is 12.4 Å². The van der Waals surface area contributed by atoms with E-state index >= 15 is 0 Å². The Morgan fingerprint density at radius 2 is 2.00 bits per heavy atom. The highest BCUT2D eigenvalue weighted by atomic mass is 16.6. The third-order valence-corrected chi connectivity index (χ3v) is 5.79. The first-order valence-corrected chi connectivity index (χ1v) is 12.0. The van der Waals surface area contributed by atoms with Crippen molar-refractivity contribution in [2.45, 2.75) is 64.7 Å². The number of anilines is 2. The number of methoxy groups -OCH3 is 1. The molecule has 0 radical (unpaired) electrons. The van der Waals surface area contributed by atoms with E-state index < -0.39 is 11.7 Å². The van der Waals surface area contributed by atoms with E-state index in [1.807, 2.05) is 52.0 Å². The number of aromatic nitrogens is 4. The summed E-state index contributed by atoms with van der Waals surface area (Å²) in [5, 5.41) is 22.3. The van der Waals surface area contributed by atoms with Crippen molar-refractivity contribution in [3.05, 3.63) is 41.9 Å². The third-order valence-electron chi connectivity index (χ3n) is 5.79. The quantitative estimate of drug-likeness (QED) is 0.418. The van der Waals surface area contributed by atoms with Crippen molar-refractivity contribution in [1.82, 2.24) is 25.5 Å². The second-order valence-corrected chi connectivity index (χ2v) is 9.88. The zero-order valence-electron chi connectivity index (χ0n) is 21.6. The number of hydrogen-bond acceptors (Lipinski definition) is 9. The summed E-state index contributed by atoms with van der Waals surface area (Å²) in [7, 11) is 1.62. The standard InChI is InChI=1S/C26H31N7O4/c1-15-6-9-20(36-18-8-7-16(10-18)30-25(34)37-26(2,3)4)23(24(15)35-5)19-11-21(33-32-19)31-22-14-28-17(12-27)13-29-22/h6,9,11,13-14,16,18H,7-8,10H2,1-5H3,(H,30,34)(H2,29,31,32,33)/t16-,18+/m0/s1. The molecule has 0 spiro atoms. The molecule has 1 saturated carbocycles. The number of hydrogen-bond donors (Lipinski definition) is 3. The van der Waals surface area contributed by atoms with Gasteiger partial charge in [-0.25, -0.2) is 14.8 Å². The molecule has 1 aromatic carbocycles. The number of rotatable bonds is 7. The van der Waals surface area contributed by atoms with E-state index in [0.717, 1.165) is 24.0 Å². The highest BCUT2D eigenvalue weighted by Gasteiger charge is 2.30. The van der Waals surface area contributed by atoms with Gasteiger partial charge in [-0.1, -0.05) is 6.07 Å². The molecular formula is C26H31N7O4. The number of amides is 1. The second kappa shape index (κ2) is 10.7. The lowest BCUT2D eigenvalue weighted by atomic mass is 10.0. The molecule has 11 heteroatoms. The van der Waals surface area contributed by atoms with Crippen LogP contribution in [0.1, 0.15) is 51.3 Å². The highest BCUT2D eigenvalue weighted by molar-refractivity contribution is 5.78. The van der Waals surface area contributed by atoms with E-state index in [9.17, 15) is 4.79 Å². The molecule has 11 nitrogen and oxygen atoms in total. The minimum atomic E-state index is -0.545. The molecule has 0 saturated heterocycles. The monoisotopic (exact) mass is 505 g/mol. The number of alkyl carbamates (subject to hydrolysis) is 1. The first-order valence-electron chi connectivity index (χ1n) is 12.0. The topological polar surface area (TPSA) is 147 Å². The average molecular weight is 506 g/mol. The molecule has 0 bridgehead atoms. The van der Waals surface area contributed by atoms with Gasteiger partial charge in [0.25, 0.3) is 0 Å². The number of aromatic amines is 1. The van der Waals surface area contributed by atoms with Crippen molar-refractivity contribution in [3.8, 4) is 28.8 Å². The SMILES string of the molecule is COc1c(C)ccc(O[C@@H]2CC[C@H](NC(=O)OC(C)(C)C)C2)c1-c1cc(Nc2cnc(C#N)cn2)n[nH]1. The number of nitrogens with zero attached hydrogens (tertiary/aromatic N) is 4. The van der Waals surface area contributed by atoms with Crippen molar-refractivity contribution in [2.24, 2.45) is 0 Å². The van der Waals surface area contributed by atoms with Gasteiger partial charge in [0, 0.05) is 18.5 Å². The average Bonchev–Trinajstić information content (AvgIpc) is 3.48. The predicted molar refractivity (Wildman–Crippen MR) is 137 cm³/mol. The first-order chi connectivity index (χ1) is 17.6. The maximum atomic E-state index is 12.2. The Morgan fingerprint density at radius 1 is 1.19 bits per heavy atom. The molecule has 2 aromatic heterocycles. The number of aryl methyl sites for hydroxylation is 1. The van der Waals surface area contributed by atoms with Crippen molar-refractivity contribution in [3.63, 3.8) is 0 Å². The van der Waals surface area contributed by atoms with Crippen molar-refractivity contribution < 1.29 is 19.0 Å². The largest absolute Gasteiger partial charge is 0.496 e. The molecule has 1 fully saturated rings. The zero-order valence-corrected chi connectivity index (χ0v) is 21.6. The summed E-state index contributed by atoms with van der Waals surface area (Å²) in [6, 6.07) is 7.61. The fourth-order valence-electron chi connectivity index (χ4n) is 4.21. The Kier molecular flexibility index (Phi) is 7.47. The predicted octanol–water partition coefficient (Wildman–Crippen LogP) is 4.62. The molecule has 4 rings (SSSR count). The van der Waals surface area contributed by atoms with Gasteiger partial charge in [0.05, 0.1) is 30.8 Å². The Labute approximate surface area is 215 Å². The van der Waals surface area contributed by atoms with Crippen LogP contribution in [0.3, 0.4) is 0 Å². The van der Waals surface area contributed by atoms with E-state index in [0.29, 0.717) is 35.2 Å². The Balaban J connectivity index is 1.50. The van der Waals surface area contributed by atoms with Crippen LogP contribution >= 0.6 is 0 Å². The summed E-state index contributed by atoms with van der Waals surface area (Å²) >= 11 is 0. The van der Waals surface area contributed by atoms with Gasteiger partial charge in [-0.15, -0.1) is 0 Å². The van der Waals surface area contributed by atoms with Gasteiger partial charge < -0.3 is 24.8 Å². The molecule has 194 valence electrons. The number of benzene rings is 1. The minimum absolute atomic E-state index is 0.0212. The molecule has 0 unspecified atom stereocenters. The van der Waals surface area contributed by atoms with Gasteiger partial charge in [-0.05, 0) is 52.2 Å². The van der Waals surface area contributed by atoms with Gasteiger partial charge in [-0.3, -0.25) is 5.10 Å². The molecule has 1 aliphatic rings. The minimum Gasteiger partial charge on any atom is -0.496 e. The third kappa shape index (κ3) is 6.46. The fourth-order valence-corrected chi connectivity index (χ4v) is 4.21. The number of ether oxygens (including phenoxy) is 3. The van der Waals surface area contributed by atoms with Crippen LogP contribution in [0, 0.1) is 18.3 Å². The van der Waals surface area contributed by atoms with Crippen LogP contribution in [0.25, 0.3) is 11.3 Å². The molecule has 2 heterocycles. The van der Waals surface area contributed by atoms with Gasteiger partial charge in [0.2, 0.25) is 0 Å². The molecule has 3 N–H and O–H groups in total. The van der Waals surface area contributed by atoms with E-state index in [4.69, 9.17) is 19.5 Å². The molecule has 3 aromatic rings. The van der Waals surface area contributed by atoms with Crippen molar-refractivity contribution in [2.75, 3.05) is 12.4 Å². The van der Waals surface area contributed by atoms with Crippen LogP contribution in [-0.4, -0.2) is 51.1 Å². The number of carbonyl (C=O) groups excluding carboxylic acids is 1. The summed E-state index contributed by atoms with van der Waals surface area (Å²) < 4.78 is 17.5. The van der Waals surface area contributed by atoms with Gasteiger partial charge >= 0.3 is 6.09 Å². The van der Waals surface area contributed by atoms with Crippen molar-refractivity contribution in [1.29, 1.82) is 5.26 Å². The molecular weight excluding hydrogens is 474 g/mol. The first kappa shape index (κ1) is 25.8. The maximum Gasteiger partial charge on any atom is 0.407 e. The van der Waals surface area contributed by atoms with Gasteiger partial charge in [0.1, 0.15) is 35.1 Å². The smallest absolute Gasteiger partial charge is 0.407 e. The molecule has 2 atom stereocenters. The lowest BCUT2D eigenvalue weighted by Crippen LogP contribution is -2.38. The summed E-state index contributed by atoms with van der Waals surface area (Å²) in [5.74, 6) is 2.30. The summed E-state index contributed by atoms with van der Waals surface area (Å²) in [6.45, 7) is 7.49. The lowest BCUT2D eigenvalue weighted by Gasteiger charge is -2.22. The zero-order chi connectivity index (χ0) is 26.6. The number of nitriles is 1. The fraction of sp³-hybridized carbons (Fsp3) is 0.423. The van der Waals surface area contributed by atoms with Gasteiger partial charge in [0.15, 0.2) is 11.5 Å². The van der Waals surface area contributed by atoms with Crippen LogP contribution in [0.15, 0.2) is 30.6 Å². The van der Waals surface area contributed by atoms with Crippen LogP contribution in [0.5, 0.6) is 11.5 Å². The van der Waals surface area contributed by atoms with Gasteiger partial charge in [-0.2, -0.15) is 10.4 Å². The summed E-state index contributed by atoms with van der Waals surface area (Å²) in [6.07, 6.45) is 4.62. The number of nitrogens with one attached hydrogen (secondary N) is 3. The van der Waals surface area contributed by atoms with Crippen LogP contribution in [-0.2, 0) is 4.74 Å². The van der Waals surface area contributed by atoms with E-state index in [-0.39, 0.29) is 17.8 Å². The van der Waals surface area contributed by atoms with Crippen LogP contribution in [0.2, 0.25) is 0 Å². The Bertz CT molecular complexity index is 1290. The molecule has 37 heavy (non-hydrogen) atoms. The maximum absolute atomic E-state index is 12.2. The second-order valence-electron chi connectivity index (χ2n) is 9.88. The van der Waals surface area contributed by atoms with E-state index in [1.54, 1.807) is 7.11 Å². The summed E-state index contributed by atoms with van der Waals surface area (Å²) in [5.41, 5.74) is 2.08. The number of H-pyrrole nitrogens is 1. The van der Waals surface area contributed by atoms with Crippen LogP contribution in [0.4, 0.5) is 16.4 Å². The summed E-state index contributed by atoms with van der Waals surface area (Å²) in [4.78, 5) is 20.4. The normalized spacial score (nSPS) is 17.1. The molecule has 1 amide bonds.